The number of thioether (sulfide) groups is 4. The summed E-state index contributed by atoms with van der Waals surface area (Å²) in [6, 6.07) is 4.24. The number of nitrogens with zero attached hydrogens (tertiary/aromatic N) is 2. The quantitative estimate of drug-likeness (QED) is 0.330. The van der Waals surface area contributed by atoms with Gasteiger partial charge in [0.1, 0.15) is 0 Å². The number of fused-ring (bicyclic) bond motifs is 2. The molecule has 0 fully saturated rings. The van der Waals surface area contributed by atoms with Crippen molar-refractivity contribution in [3.8, 4) is 23.6 Å². The number of carbonyl (C=O) groups excluding carboxylic acids is 2. The highest BCUT2D eigenvalue weighted by molar-refractivity contribution is 8.25. The number of benzene rings is 1. The Morgan fingerprint density at radius 2 is 0.964 bits per heavy atom. The van der Waals surface area contributed by atoms with Crippen molar-refractivity contribution in [2.24, 2.45) is 0 Å². The van der Waals surface area contributed by atoms with Gasteiger partial charge >= 0.3 is 11.9 Å². The summed E-state index contributed by atoms with van der Waals surface area (Å²) in [7, 11) is 0. The van der Waals surface area contributed by atoms with Crippen molar-refractivity contribution in [2.75, 3.05) is 0 Å². The zero-order valence-electron chi connectivity index (χ0n) is 15.2. The maximum atomic E-state index is 11.8. The number of nitriles is 2. The summed E-state index contributed by atoms with van der Waals surface area (Å²) in [5, 5.41) is 18.5. The van der Waals surface area contributed by atoms with E-state index in [1.807, 2.05) is 0 Å². The van der Waals surface area contributed by atoms with E-state index in [2.05, 4.69) is 12.1 Å². The van der Waals surface area contributed by atoms with Crippen LogP contribution in [0.1, 0.15) is 27.7 Å². The fourth-order valence-electron chi connectivity index (χ4n) is 2.27. The van der Waals surface area contributed by atoms with Crippen LogP contribution in [0.4, 0.5) is 0 Å². The molecule has 1 aromatic rings. The Hall–Kier alpha value is -1.98. The summed E-state index contributed by atoms with van der Waals surface area (Å²) in [5.41, 5.74) is 1.05. The van der Waals surface area contributed by atoms with Crippen LogP contribution < -0.4 is 9.47 Å². The number of esters is 2. The topological polar surface area (TPSA) is 100 Å². The molecule has 0 atom stereocenters. The number of rotatable bonds is 2. The monoisotopic (exact) mass is 448 g/mol. The lowest BCUT2D eigenvalue weighted by Gasteiger charge is -2.15. The maximum absolute atomic E-state index is 11.8. The molecule has 1 aromatic carbocycles. The van der Waals surface area contributed by atoms with Gasteiger partial charge in [0, 0.05) is 25.0 Å². The minimum Gasteiger partial charge on any atom is -0.424 e. The Bertz CT molecular complexity index is 951. The molecule has 0 amide bonds. The highest BCUT2D eigenvalue weighted by atomic mass is 32.2. The van der Waals surface area contributed by atoms with E-state index in [0.29, 0.717) is 42.2 Å². The molecule has 0 radical (unpaired) electrons. The van der Waals surface area contributed by atoms with Crippen LogP contribution in [0.25, 0.3) is 0 Å². The third-order valence-corrected chi connectivity index (χ3v) is 9.06. The molecular weight excluding hydrogens is 436 g/mol. The first-order chi connectivity index (χ1) is 13.3. The summed E-state index contributed by atoms with van der Waals surface area (Å²) in [6.45, 7) is 6.03. The molecule has 2 aliphatic rings. The summed E-state index contributed by atoms with van der Waals surface area (Å²) in [5.74, 6) is -0.232. The van der Waals surface area contributed by atoms with Crippen molar-refractivity contribution in [1.82, 2.24) is 0 Å². The first-order valence-corrected chi connectivity index (χ1v) is 11.1. The molecule has 3 rings (SSSR count). The fraction of sp³-hybridized carbons (Fsp3) is 0.222. The van der Waals surface area contributed by atoms with Crippen LogP contribution in [0.3, 0.4) is 0 Å². The minimum absolute atomic E-state index is 0.366. The zero-order valence-corrected chi connectivity index (χ0v) is 18.4. The molecule has 0 aliphatic carbocycles. The fourth-order valence-corrected chi connectivity index (χ4v) is 7.46. The molecular formula is C18H12N2O4S4. The van der Waals surface area contributed by atoms with Gasteiger partial charge < -0.3 is 9.47 Å². The van der Waals surface area contributed by atoms with Crippen molar-refractivity contribution in [2.45, 2.75) is 47.3 Å². The largest absolute Gasteiger partial charge is 0.424 e. The Morgan fingerprint density at radius 1 is 0.679 bits per heavy atom. The van der Waals surface area contributed by atoms with E-state index >= 15 is 0 Å². The predicted octanol–water partition coefficient (Wildman–Crippen LogP) is 5.44. The average Bonchev–Trinajstić information content (AvgIpc) is 3.27. The number of allylic oxidation sites excluding steroid dienone is 2. The van der Waals surface area contributed by atoms with E-state index < -0.39 is 11.9 Å². The van der Waals surface area contributed by atoms with E-state index in [0.717, 1.165) is 8.47 Å². The lowest BCUT2D eigenvalue weighted by atomic mass is 10.3. The summed E-state index contributed by atoms with van der Waals surface area (Å²) >= 11 is 5.23. The van der Waals surface area contributed by atoms with Gasteiger partial charge in [0.25, 0.3) is 0 Å². The van der Waals surface area contributed by atoms with E-state index in [1.165, 1.54) is 60.9 Å². The molecule has 0 saturated carbocycles. The number of hydrogen-bond donors (Lipinski definition) is 0. The molecule has 0 N–H and O–H groups in total. The van der Waals surface area contributed by atoms with Gasteiger partial charge in [-0.3, -0.25) is 9.59 Å². The molecule has 0 aromatic heterocycles. The predicted molar refractivity (Wildman–Crippen MR) is 109 cm³/mol. The molecule has 0 unspecified atom stereocenters. The van der Waals surface area contributed by atoms with Crippen LogP contribution in [0.2, 0.25) is 0 Å². The Labute approximate surface area is 178 Å². The normalized spacial score (nSPS) is 13.9. The van der Waals surface area contributed by atoms with E-state index in [4.69, 9.17) is 9.47 Å². The second-order valence-corrected chi connectivity index (χ2v) is 10.2. The summed E-state index contributed by atoms with van der Waals surface area (Å²) in [4.78, 5) is 26.0. The Balaban J connectivity index is 2.30. The van der Waals surface area contributed by atoms with Gasteiger partial charge in [-0.2, -0.15) is 10.5 Å². The van der Waals surface area contributed by atoms with Crippen LogP contribution in [0.5, 0.6) is 11.5 Å². The number of hydrogen-bond acceptors (Lipinski definition) is 10. The smallest absolute Gasteiger partial charge is 0.308 e. The molecule has 0 saturated heterocycles. The van der Waals surface area contributed by atoms with Gasteiger partial charge in [0.2, 0.25) is 0 Å². The van der Waals surface area contributed by atoms with Crippen LogP contribution >= 0.6 is 47.0 Å². The standard InChI is InChI=1S/C18H12N2O4S4/c1-7(5-19)17-25-13-11(23-9(3)21)15-16(28-18(27-15)8(2)6-20)12(14(13)26-17)24-10(4)22/h1-4H3. The summed E-state index contributed by atoms with van der Waals surface area (Å²) in [6.07, 6.45) is 0. The second kappa shape index (κ2) is 8.18. The van der Waals surface area contributed by atoms with E-state index in [1.54, 1.807) is 13.8 Å². The van der Waals surface area contributed by atoms with Crippen molar-refractivity contribution in [3.05, 3.63) is 19.6 Å². The SMILES string of the molecule is CC(=O)Oc1c2c(c(OC(C)=O)c3c1SC(=C(C)C#N)S3)SC(=C(C)C#N)S2. The van der Waals surface area contributed by atoms with Crippen molar-refractivity contribution in [3.63, 3.8) is 0 Å². The van der Waals surface area contributed by atoms with Gasteiger partial charge in [0.05, 0.1) is 40.2 Å². The Morgan fingerprint density at radius 3 is 1.18 bits per heavy atom. The molecule has 6 nitrogen and oxygen atoms in total. The molecule has 0 spiro atoms. The molecule has 142 valence electrons. The zero-order chi connectivity index (χ0) is 20.6. The van der Waals surface area contributed by atoms with Crippen molar-refractivity contribution < 1.29 is 19.1 Å². The number of ether oxygens (including phenoxy) is 2. The average molecular weight is 449 g/mol. The van der Waals surface area contributed by atoms with Gasteiger partial charge in [-0.15, -0.1) is 0 Å². The third-order valence-electron chi connectivity index (χ3n) is 3.46. The van der Waals surface area contributed by atoms with Gasteiger partial charge in [-0.25, -0.2) is 0 Å². The minimum atomic E-state index is -0.482. The summed E-state index contributed by atoms with van der Waals surface area (Å²) < 4.78 is 12.5. The molecule has 10 heteroatoms. The first-order valence-electron chi connectivity index (χ1n) is 7.80. The second-order valence-electron chi connectivity index (χ2n) is 5.62. The highest BCUT2D eigenvalue weighted by Crippen LogP contribution is 2.68. The first kappa shape index (κ1) is 20.7. The third kappa shape index (κ3) is 3.78. The lowest BCUT2D eigenvalue weighted by molar-refractivity contribution is -0.133. The lowest BCUT2D eigenvalue weighted by Crippen LogP contribution is -2.07. The van der Waals surface area contributed by atoms with Crippen molar-refractivity contribution >= 4 is 59.0 Å². The van der Waals surface area contributed by atoms with Crippen molar-refractivity contribution in [1.29, 1.82) is 10.5 Å². The molecule has 2 heterocycles. The van der Waals surface area contributed by atoms with Crippen LogP contribution in [-0.2, 0) is 9.59 Å². The van der Waals surface area contributed by atoms with Gasteiger partial charge in [-0.05, 0) is 13.8 Å². The molecule has 2 aliphatic heterocycles. The van der Waals surface area contributed by atoms with E-state index in [9.17, 15) is 20.1 Å². The highest BCUT2D eigenvalue weighted by Gasteiger charge is 2.38. The van der Waals surface area contributed by atoms with E-state index in [-0.39, 0.29) is 0 Å². The van der Waals surface area contributed by atoms with Gasteiger partial charge in [0.15, 0.2) is 11.5 Å². The van der Waals surface area contributed by atoms with Crippen LogP contribution in [0, 0.1) is 22.7 Å². The maximum Gasteiger partial charge on any atom is 0.308 e. The number of carbonyl (C=O) groups is 2. The Kier molecular flexibility index (Phi) is 6.06. The van der Waals surface area contributed by atoms with Gasteiger partial charge in [-0.1, -0.05) is 47.0 Å². The van der Waals surface area contributed by atoms with Crippen LogP contribution in [0.15, 0.2) is 39.2 Å². The molecule has 28 heavy (non-hydrogen) atoms. The molecule has 0 bridgehead atoms. The van der Waals surface area contributed by atoms with Crippen LogP contribution in [-0.4, -0.2) is 11.9 Å².